The molecule has 0 aliphatic heterocycles. The van der Waals surface area contributed by atoms with E-state index in [0.29, 0.717) is 11.2 Å². The van der Waals surface area contributed by atoms with Crippen molar-refractivity contribution in [3.63, 3.8) is 0 Å². The third-order valence-corrected chi connectivity index (χ3v) is 5.63. The van der Waals surface area contributed by atoms with E-state index in [1.165, 1.54) is 12.8 Å². The average molecular weight is 247 g/mol. The predicted molar refractivity (Wildman–Crippen MR) is 68.3 cm³/mol. The van der Waals surface area contributed by atoms with Gasteiger partial charge >= 0.3 is 0 Å². The molecule has 1 rings (SSSR count). The summed E-state index contributed by atoms with van der Waals surface area (Å²) in [5, 5.41) is 3.40. The Morgan fingerprint density at radius 3 is 2.38 bits per heavy atom. The second-order valence-corrected chi connectivity index (χ2v) is 7.76. The molecule has 0 aromatic carbocycles. The molecule has 96 valence electrons. The van der Waals surface area contributed by atoms with Crippen molar-refractivity contribution < 1.29 is 8.42 Å². The third kappa shape index (κ3) is 4.06. The Labute approximate surface area is 99.9 Å². The Kier molecular flexibility index (Phi) is 4.80. The smallest absolute Gasteiger partial charge is 0.150 e. The minimum Gasteiger partial charge on any atom is -0.316 e. The van der Waals surface area contributed by atoms with E-state index in [9.17, 15) is 8.42 Å². The summed E-state index contributed by atoms with van der Waals surface area (Å²) in [7, 11) is -2.78. The highest BCUT2D eigenvalue weighted by Gasteiger charge is 2.44. The van der Waals surface area contributed by atoms with Crippen LogP contribution in [0.25, 0.3) is 0 Å². The van der Waals surface area contributed by atoms with Gasteiger partial charge in [0.15, 0.2) is 0 Å². The molecule has 1 aliphatic carbocycles. The van der Waals surface area contributed by atoms with Crippen molar-refractivity contribution in [3.8, 4) is 0 Å². The maximum Gasteiger partial charge on any atom is 0.150 e. The molecular weight excluding hydrogens is 222 g/mol. The molecule has 3 nitrogen and oxygen atoms in total. The standard InChI is InChI=1S/C12H25NO2S/c1-4-16(14,15)9-5-8-13-10-12(6-7-12)11(2)3/h11,13H,4-10H2,1-3H3. The summed E-state index contributed by atoms with van der Waals surface area (Å²) in [5.74, 6) is 1.33. The number of hydrogen-bond acceptors (Lipinski definition) is 3. The second-order valence-electron chi connectivity index (χ2n) is 5.28. The van der Waals surface area contributed by atoms with E-state index < -0.39 is 9.84 Å². The Hall–Kier alpha value is -0.0900. The van der Waals surface area contributed by atoms with Crippen molar-refractivity contribution in [2.24, 2.45) is 11.3 Å². The summed E-state index contributed by atoms with van der Waals surface area (Å²) in [5.41, 5.74) is 0.517. The van der Waals surface area contributed by atoms with E-state index in [1.54, 1.807) is 6.92 Å². The van der Waals surface area contributed by atoms with E-state index >= 15 is 0 Å². The van der Waals surface area contributed by atoms with Crippen LogP contribution in [0.15, 0.2) is 0 Å². The first-order valence-corrected chi connectivity index (χ1v) is 8.15. The summed E-state index contributed by atoms with van der Waals surface area (Å²) >= 11 is 0. The lowest BCUT2D eigenvalue weighted by Crippen LogP contribution is -2.29. The van der Waals surface area contributed by atoms with Crippen molar-refractivity contribution in [3.05, 3.63) is 0 Å². The SMILES string of the molecule is CCS(=O)(=O)CCCNCC1(C(C)C)CC1. The molecule has 0 bridgehead atoms. The van der Waals surface area contributed by atoms with Crippen LogP contribution < -0.4 is 5.32 Å². The zero-order valence-corrected chi connectivity index (χ0v) is 11.6. The second kappa shape index (κ2) is 5.50. The monoisotopic (exact) mass is 247 g/mol. The van der Waals surface area contributed by atoms with Crippen molar-refractivity contribution in [2.45, 2.75) is 40.0 Å². The van der Waals surface area contributed by atoms with Crippen molar-refractivity contribution in [1.29, 1.82) is 0 Å². The van der Waals surface area contributed by atoms with E-state index in [-0.39, 0.29) is 5.75 Å². The van der Waals surface area contributed by atoms with Crippen LogP contribution in [-0.4, -0.2) is 33.0 Å². The molecule has 0 amide bonds. The first-order chi connectivity index (χ1) is 7.42. The Morgan fingerprint density at radius 1 is 1.31 bits per heavy atom. The largest absolute Gasteiger partial charge is 0.316 e. The number of rotatable bonds is 8. The van der Waals surface area contributed by atoms with Gasteiger partial charge in [-0.05, 0) is 37.1 Å². The molecule has 0 aromatic rings. The lowest BCUT2D eigenvalue weighted by Gasteiger charge is -2.19. The first-order valence-electron chi connectivity index (χ1n) is 6.33. The van der Waals surface area contributed by atoms with Crippen LogP contribution >= 0.6 is 0 Å². The van der Waals surface area contributed by atoms with Crippen molar-refractivity contribution >= 4 is 9.84 Å². The van der Waals surface area contributed by atoms with Gasteiger partial charge in [-0.2, -0.15) is 0 Å². The highest BCUT2D eigenvalue weighted by atomic mass is 32.2. The summed E-state index contributed by atoms with van der Waals surface area (Å²) in [6.45, 7) is 8.14. The molecule has 1 N–H and O–H groups in total. The zero-order chi connectivity index (χ0) is 12.2. The first kappa shape index (κ1) is 14.0. The van der Waals surface area contributed by atoms with E-state index in [0.717, 1.165) is 25.4 Å². The molecule has 0 heterocycles. The van der Waals surface area contributed by atoms with Gasteiger partial charge in [0, 0.05) is 12.3 Å². The topological polar surface area (TPSA) is 46.2 Å². The van der Waals surface area contributed by atoms with Crippen LogP contribution in [0.3, 0.4) is 0 Å². The Morgan fingerprint density at radius 2 is 1.94 bits per heavy atom. The highest BCUT2D eigenvalue weighted by molar-refractivity contribution is 7.91. The van der Waals surface area contributed by atoms with Crippen LogP contribution in [0.5, 0.6) is 0 Å². The highest BCUT2D eigenvalue weighted by Crippen LogP contribution is 2.51. The summed E-state index contributed by atoms with van der Waals surface area (Å²) in [6.07, 6.45) is 3.39. The van der Waals surface area contributed by atoms with Crippen LogP contribution in [0.4, 0.5) is 0 Å². The molecule has 0 radical (unpaired) electrons. The molecule has 4 heteroatoms. The van der Waals surface area contributed by atoms with Crippen molar-refractivity contribution in [2.75, 3.05) is 24.6 Å². The van der Waals surface area contributed by atoms with Gasteiger partial charge in [-0.3, -0.25) is 0 Å². The molecule has 0 saturated heterocycles. The quantitative estimate of drug-likeness (QED) is 0.666. The normalized spacial score (nSPS) is 19.0. The summed E-state index contributed by atoms with van der Waals surface area (Å²) in [6, 6.07) is 0. The van der Waals surface area contributed by atoms with Gasteiger partial charge in [-0.15, -0.1) is 0 Å². The van der Waals surface area contributed by atoms with E-state index in [1.807, 2.05) is 0 Å². The maximum absolute atomic E-state index is 11.3. The van der Waals surface area contributed by atoms with Gasteiger partial charge in [0.25, 0.3) is 0 Å². The molecule has 1 fully saturated rings. The van der Waals surface area contributed by atoms with Gasteiger partial charge in [-0.25, -0.2) is 8.42 Å². The van der Waals surface area contributed by atoms with Gasteiger partial charge in [0.05, 0.1) is 5.75 Å². The van der Waals surface area contributed by atoms with Gasteiger partial charge in [0.1, 0.15) is 9.84 Å². The fourth-order valence-corrected chi connectivity index (χ4v) is 2.89. The fraction of sp³-hybridized carbons (Fsp3) is 1.00. The lowest BCUT2D eigenvalue weighted by atomic mass is 9.92. The van der Waals surface area contributed by atoms with Gasteiger partial charge in [-0.1, -0.05) is 20.8 Å². The third-order valence-electron chi connectivity index (χ3n) is 3.84. The molecule has 1 aliphatic rings. The molecule has 0 atom stereocenters. The zero-order valence-electron chi connectivity index (χ0n) is 10.8. The van der Waals surface area contributed by atoms with Crippen LogP contribution in [-0.2, 0) is 9.84 Å². The maximum atomic E-state index is 11.3. The molecule has 1 saturated carbocycles. The number of nitrogens with one attached hydrogen (secondary N) is 1. The number of sulfone groups is 1. The minimum absolute atomic E-state index is 0.267. The van der Waals surface area contributed by atoms with Crippen LogP contribution in [0.1, 0.15) is 40.0 Å². The average Bonchev–Trinajstić information content (AvgIpc) is 2.98. The molecule has 0 unspecified atom stereocenters. The fourth-order valence-electron chi connectivity index (χ4n) is 2.02. The van der Waals surface area contributed by atoms with Crippen LogP contribution in [0, 0.1) is 11.3 Å². The Balaban J connectivity index is 2.09. The predicted octanol–water partition coefficient (Wildman–Crippen LogP) is 1.84. The number of hydrogen-bond donors (Lipinski definition) is 1. The summed E-state index contributed by atoms with van der Waals surface area (Å²) in [4.78, 5) is 0. The molecule has 16 heavy (non-hydrogen) atoms. The Bertz CT molecular complexity index is 305. The molecule has 0 spiro atoms. The van der Waals surface area contributed by atoms with Crippen LogP contribution in [0.2, 0.25) is 0 Å². The summed E-state index contributed by atoms with van der Waals surface area (Å²) < 4.78 is 22.5. The van der Waals surface area contributed by atoms with Gasteiger partial charge < -0.3 is 5.32 Å². The lowest BCUT2D eigenvalue weighted by molar-refractivity contribution is 0.339. The van der Waals surface area contributed by atoms with Crippen molar-refractivity contribution in [1.82, 2.24) is 5.32 Å². The molecular formula is C12H25NO2S. The van der Waals surface area contributed by atoms with E-state index in [4.69, 9.17) is 0 Å². The van der Waals surface area contributed by atoms with Gasteiger partial charge in [0.2, 0.25) is 0 Å². The molecule has 0 aromatic heterocycles. The minimum atomic E-state index is -2.78. The van der Waals surface area contributed by atoms with E-state index in [2.05, 4.69) is 19.2 Å².